The van der Waals surface area contributed by atoms with Gasteiger partial charge in [-0.25, -0.2) is 0 Å². The molecular formula is C16H21N3OS. The summed E-state index contributed by atoms with van der Waals surface area (Å²) in [5, 5.41) is 4.90. The van der Waals surface area contributed by atoms with E-state index in [4.69, 9.17) is 11.5 Å². The molecule has 4 nitrogen and oxygen atoms in total. The third-order valence-electron chi connectivity index (χ3n) is 6.23. The maximum Gasteiger partial charge on any atom is 0.260 e. The molecule has 0 radical (unpaired) electrons. The van der Waals surface area contributed by atoms with E-state index in [9.17, 15) is 4.79 Å². The molecule has 1 heterocycles. The monoisotopic (exact) mass is 303 g/mol. The van der Waals surface area contributed by atoms with Gasteiger partial charge in [0.2, 0.25) is 0 Å². The minimum absolute atomic E-state index is 0.386. The predicted molar refractivity (Wildman–Crippen MR) is 84.4 cm³/mol. The van der Waals surface area contributed by atoms with Crippen LogP contribution in [-0.2, 0) is 0 Å². The van der Waals surface area contributed by atoms with Gasteiger partial charge in [-0.05, 0) is 61.7 Å². The average Bonchev–Trinajstić information content (AvgIpc) is 3.29. The molecule has 4 saturated carbocycles. The van der Waals surface area contributed by atoms with Crippen LogP contribution in [0.2, 0.25) is 0 Å². The lowest BCUT2D eigenvalue weighted by molar-refractivity contribution is 0.100. The number of fused-ring (bicyclic) bond motifs is 5. The molecule has 112 valence electrons. The van der Waals surface area contributed by atoms with E-state index in [1.165, 1.54) is 49.0 Å². The molecular weight excluding hydrogens is 282 g/mol. The topological polar surface area (TPSA) is 81.1 Å². The predicted octanol–water partition coefficient (Wildman–Crippen LogP) is 2.76. The summed E-state index contributed by atoms with van der Waals surface area (Å²) in [4.78, 5) is 12.1. The smallest absolute Gasteiger partial charge is 0.260 e. The van der Waals surface area contributed by atoms with Gasteiger partial charge in [0.05, 0.1) is 10.7 Å². The molecule has 21 heavy (non-hydrogen) atoms. The van der Waals surface area contributed by atoms with Gasteiger partial charge >= 0.3 is 0 Å². The molecule has 5 heteroatoms. The van der Waals surface area contributed by atoms with Crippen LogP contribution in [0, 0.1) is 23.7 Å². The second kappa shape index (κ2) is 3.94. The van der Waals surface area contributed by atoms with Gasteiger partial charge in [-0.15, -0.1) is 11.3 Å². The molecule has 4 aliphatic rings. The van der Waals surface area contributed by atoms with E-state index in [0.717, 1.165) is 28.7 Å². The molecule has 4 atom stereocenters. The molecule has 0 aromatic carbocycles. The van der Waals surface area contributed by atoms with Crippen molar-refractivity contribution in [2.24, 2.45) is 29.4 Å². The second-order valence-electron chi connectivity index (χ2n) is 7.38. The summed E-state index contributed by atoms with van der Waals surface area (Å²) in [6, 6.07) is 0.632. The molecule has 5 rings (SSSR count). The van der Waals surface area contributed by atoms with Crippen LogP contribution in [-0.4, -0.2) is 11.9 Å². The first-order valence-corrected chi connectivity index (χ1v) is 8.95. The van der Waals surface area contributed by atoms with Crippen molar-refractivity contribution in [3.8, 4) is 0 Å². The molecule has 1 aromatic rings. The molecule has 2 bridgehead atoms. The van der Waals surface area contributed by atoms with Crippen molar-refractivity contribution in [1.82, 2.24) is 0 Å². The van der Waals surface area contributed by atoms with Gasteiger partial charge in [-0.3, -0.25) is 4.79 Å². The van der Waals surface area contributed by atoms with Crippen molar-refractivity contribution in [3.63, 3.8) is 0 Å². The fourth-order valence-corrected chi connectivity index (χ4v) is 6.30. The number of anilines is 2. The Kier molecular flexibility index (Phi) is 2.31. The summed E-state index contributed by atoms with van der Waals surface area (Å²) < 4.78 is 0. The van der Waals surface area contributed by atoms with Crippen LogP contribution in [0.15, 0.2) is 0 Å². The fraction of sp³-hybridized carbons (Fsp3) is 0.688. The number of nitrogens with two attached hydrogens (primary N) is 2. The van der Waals surface area contributed by atoms with Crippen LogP contribution in [0.3, 0.4) is 0 Å². The number of nitrogen functional groups attached to an aromatic ring is 1. The number of primary amides is 1. The van der Waals surface area contributed by atoms with Gasteiger partial charge in [0.1, 0.15) is 4.88 Å². The number of nitrogens with one attached hydrogen (secondary N) is 1. The van der Waals surface area contributed by atoms with Crippen molar-refractivity contribution in [3.05, 3.63) is 10.4 Å². The lowest BCUT2D eigenvalue weighted by Crippen LogP contribution is -2.12. The molecule has 0 aliphatic heterocycles. The van der Waals surface area contributed by atoms with Gasteiger partial charge < -0.3 is 16.8 Å². The van der Waals surface area contributed by atoms with Crippen LogP contribution in [0.5, 0.6) is 0 Å². The van der Waals surface area contributed by atoms with Crippen molar-refractivity contribution < 1.29 is 4.79 Å². The summed E-state index contributed by atoms with van der Waals surface area (Å²) in [6.07, 6.45) is 6.70. The fourth-order valence-electron chi connectivity index (χ4n) is 5.19. The maximum absolute atomic E-state index is 11.6. The highest BCUT2D eigenvalue weighted by Crippen LogP contribution is 2.67. The molecule has 4 unspecified atom stereocenters. The van der Waals surface area contributed by atoms with Crippen molar-refractivity contribution >= 4 is 27.9 Å². The average molecular weight is 303 g/mol. The van der Waals surface area contributed by atoms with Gasteiger partial charge in [0, 0.05) is 11.6 Å². The van der Waals surface area contributed by atoms with Crippen molar-refractivity contribution in [2.45, 2.75) is 44.1 Å². The number of carbonyl (C=O) groups excluding carboxylic acids is 1. The molecule has 1 aromatic heterocycles. The van der Waals surface area contributed by atoms with Gasteiger partial charge in [-0.1, -0.05) is 0 Å². The van der Waals surface area contributed by atoms with Gasteiger partial charge in [-0.2, -0.15) is 0 Å². The molecule has 4 fully saturated rings. The van der Waals surface area contributed by atoms with Crippen molar-refractivity contribution in [2.75, 3.05) is 11.1 Å². The second-order valence-corrected chi connectivity index (χ2v) is 8.40. The van der Waals surface area contributed by atoms with Crippen LogP contribution in [0.25, 0.3) is 0 Å². The molecule has 0 saturated heterocycles. The Bertz CT molecular complexity index is 620. The SMILES string of the molecule is NC(=O)c1sc(NC2C3C4CCC(C4)C23)c(C2CC2)c1N. The molecule has 1 amide bonds. The first kappa shape index (κ1) is 12.3. The first-order valence-electron chi connectivity index (χ1n) is 8.13. The normalized spacial score (nSPS) is 39.3. The lowest BCUT2D eigenvalue weighted by Gasteiger charge is -2.12. The molecule has 4 aliphatic carbocycles. The largest absolute Gasteiger partial charge is 0.397 e. The number of rotatable bonds is 4. The van der Waals surface area contributed by atoms with E-state index in [-0.39, 0.29) is 5.91 Å². The molecule has 0 spiro atoms. The number of thiophene rings is 1. The molecule has 5 N–H and O–H groups in total. The van der Waals surface area contributed by atoms with E-state index in [1.807, 2.05) is 0 Å². The lowest BCUT2D eigenvalue weighted by atomic mass is 10.0. The quantitative estimate of drug-likeness (QED) is 0.800. The zero-order chi connectivity index (χ0) is 14.3. The highest BCUT2D eigenvalue weighted by molar-refractivity contribution is 7.18. The van der Waals surface area contributed by atoms with E-state index >= 15 is 0 Å². The van der Waals surface area contributed by atoms with E-state index in [1.54, 1.807) is 0 Å². The van der Waals surface area contributed by atoms with Crippen LogP contribution >= 0.6 is 11.3 Å². The highest BCUT2D eigenvalue weighted by atomic mass is 32.1. The number of hydrogen-bond acceptors (Lipinski definition) is 4. The van der Waals surface area contributed by atoms with Gasteiger partial charge in [0.15, 0.2) is 0 Å². The Hall–Kier alpha value is -1.23. The summed E-state index contributed by atoms with van der Waals surface area (Å²) >= 11 is 1.48. The van der Waals surface area contributed by atoms with E-state index < -0.39 is 0 Å². The third-order valence-corrected chi connectivity index (χ3v) is 7.39. The number of hydrogen-bond donors (Lipinski definition) is 3. The Balaban J connectivity index is 1.44. The van der Waals surface area contributed by atoms with Crippen LogP contribution in [0.4, 0.5) is 10.7 Å². The number of carbonyl (C=O) groups is 1. The standard InChI is InChI=1S/C16H21N3OS/c17-12-11(6-1-2-6)16(21-14(12)15(18)20)19-13-9-7-3-4-8(5-7)10(9)13/h6-10,13,19H,1-5,17H2,(H2,18,20). The summed E-state index contributed by atoms with van der Waals surface area (Å²) in [5.41, 5.74) is 13.5. The summed E-state index contributed by atoms with van der Waals surface area (Å²) in [5.74, 6) is 3.84. The zero-order valence-corrected chi connectivity index (χ0v) is 12.8. The van der Waals surface area contributed by atoms with Crippen molar-refractivity contribution in [1.29, 1.82) is 0 Å². The van der Waals surface area contributed by atoms with E-state index in [0.29, 0.717) is 22.5 Å². The van der Waals surface area contributed by atoms with Crippen LogP contribution in [0.1, 0.15) is 53.3 Å². The maximum atomic E-state index is 11.6. The zero-order valence-electron chi connectivity index (χ0n) is 12.0. The van der Waals surface area contributed by atoms with Crippen LogP contribution < -0.4 is 16.8 Å². The highest BCUT2D eigenvalue weighted by Gasteiger charge is 2.65. The third kappa shape index (κ3) is 1.64. The minimum atomic E-state index is -0.386. The van der Waals surface area contributed by atoms with E-state index in [2.05, 4.69) is 5.32 Å². The minimum Gasteiger partial charge on any atom is -0.397 e. The summed E-state index contributed by atoms with van der Waals surface area (Å²) in [7, 11) is 0. The Morgan fingerprint density at radius 3 is 2.38 bits per heavy atom. The Labute approximate surface area is 128 Å². The Morgan fingerprint density at radius 2 is 1.81 bits per heavy atom. The summed E-state index contributed by atoms with van der Waals surface area (Å²) in [6.45, 7) is 0. The van der Waals surface area contributed by atoms with Gasteiger partial charge in [0.25, 0.3) is 5.91 Å². The first-order chi connectivity index (χ1) is 10.1. The Morgan fingerprint density at radius 1 is 1.14 bits per heavy atom. The number of amides is 1.